The van der Waals surface area contributed by atoms with Gasteiger partial charge in [0.15, 0.2) is 0 Å². The van der Waals surface area contributed by atoms with Crippen LogP contribution in [0.4, 0.5) is 0 Å². The van der Waals surface area contributed by atoms with Crippen LogP contribution in [-0.2, 0) is 11.2 Å². The summed E-state index contributed by atoms with van der Waals surface area (Å²) < 4.78 is 11.4. The summed E-state index contributed by atoms with van der Waals surface area (Å²) in [6.07, 6.45) is 6.07. The van der Waals surface area contributed by atoms with Crippen molar-refractivity contribution in [2.75, 3.05) is 33.8 Å². The van der Waals surface area contributed by atoms with E-state index in [9.17, 15) is 4.79 Å². The van der Waals surface area contributed by atoms with E-state index in [4.69, 9.17) is 9.15 Å². The van der Waals surface area contributed by atoms with Crippen molar-refractivity contribution in [1.82, 2.24) is 14.8 Å². The lowest BCUT2D eigenvalue weighted by molar-refractivity contribution is -0.128. The van der Waals surface area contributed by atoms with E-state index in [1.54, 1.807) is 12.3 Å². The molecule has 1 aliphatic heterocycles. The standard InChI is InChI=1S/C32H31N3O3/c1-34(2)18-20-37-25-11-7-22(8-12-25)9-14-30(36)35-17-15-27-26-5-3-4-6-28(26)33-31(27)32(35)24-10-13-29-23(21-24)16-19-38-29/h3-14,16,19,21,32-33H,15,17-18,20H2,1-2H3/b14-9+. The minimum absolute atomic E-state index is 0.0158. The molecule has 5 aromatic rings. The molecule has 1 atom stereocenters. The van der Waals surface area contributed by atoms with E-state index in [-0.39, 0.29) is 11.9 Å². The first-order valence-corrected chi connectivity index (χ1v) is 13.0. The number of aromatic amines is 1. The van der Waals surface area contributed by atoms with Gasteiger partial charge in [-0.25, -0.2) is 0 Å². The molecule has 0 radical (unpaired) electrons. The second kappa shape index (κ2) is 10.2. The summed E-state index contributed by atoms with van der Waals surface area (Å²) in [5.41, 5.74) is 6.33. The number of benzene rings is 3. The Morgan fingerprint density at radius 2 is 1.95 bits per heavy atom. The molecule has 1 unspecified atom stereocenters. The Bertz CT molecular complexity index is 1610. The smallest absolute Gasteiger partial charge is 0.247 e. The zero-order valence-corrected chi connectivity index (χ0v) is 21.7. The summed E-state index contributed by atoms with van der Waals surface area (Å²) in [5, 5.41) is 2.26. The lowest BCUT2D eigenvalue weighted by atomic mass is 9.91. The number of hydrogen-bond acceptors (Lipinski definition) is 4. The number of hydrogen-bond donors (Lipinski definition) is 1. The average Bonchev–Trinajstić information content (AvgIpc) is 3.55. The zero-order chi connectivity index (χ0) is 26.1. The lowest BCUT2D eigenvalue weighted by Crippen LogP contribution is -2.39. The number of H-pyrrole nitrogens is 1. The summed E-state index contributed by atoms with van der Waals surface area (Å²) in [6.45, 7) is 2.14. The van der Waals surface area contributed by atoms with Gasteiger partial charge in [-0.3, -0.25) is 4.79 Å². The maximum atomic E-state index is 13.6. The number of carbonyl (C=O) groups excluding carboxylic acids is 1. The molecule has 0 aliphatic carbocycles. The van der Waals surface area contributed by atoms with Gasteiger partial charge in [0.05, 0.1) is 12.3 Å². The summed E-state index contributed by atoms with van der Waals surface area (Å²) >= 11 is 0. The zero-order valence-electron chi connectivity index (χ0n) is 21.7. The number of fused-ring (bicyclic) bond motifs is 4. The van der Waals surface area contributed by atoms with Gasteiger partial charge in [-0.1, -0.05) is 36.4 Å². The highest BCUT2D eigenvalue weighted by molar-refractivity contribution is 5.93. The average molecular weight is 506 g/mol. The molecule has 1 amide bonds. The van der Waals surface area contributed by atoms with E-state index in [0.717, 1.165) is 52.0 Å². The van der Waals surface area contributed by atoms with Gasteiger partial charge >= 0.3 is 0 Å². The predicted molar refractivity (Wildman–Crippen MR) is 151 cm³/mol. The fraction of sp³-hybridized carbons (Fsp3) is 0.219. The van der Waals surface area contributed by atoms with Crippen molar-refractivity contribution in [2.45, 2.75) is 12.5 Å². The van der Waals surface area contributed by atoms with E-state index in [1.807, 2.05) is 67.5 Å². The van der Waals surface area contributed by atoms with Crippen LogP contribution in [0.5, 0.6) is 5.75 Å². The monoisotopic (exact) mass is 505 g/mol. The van der Waals surface area contributed by atoms with Crippen LogP contribution in [-0.4, -0.2) is 54.5 Å². The highest BCUT2D eigenvalue weighted by Crippen LogP contribution is 2.39. The summed E-state index contributed by atoms with van der Waals surface area (Å²) in [4.78, 5) is 21.3. The molecule has 1 aliphatic rings. The Morgan fingerprint density at radius 1 is 1.11 bits per heavy atom. The third kappa shape index (κ3) is 4.71. The largest absolute Gasteiger partial charge is 0.492 e. The molecule has 2 aromatic heterocycles. The van der Waals surface area contributed by atoms with Gasteiger partial charge in [0.25, 0.3) is 0 Å². The van der Waals surface area contributed by atoms with Crippen LogP contribution in [0, 0.1) is 0 Å². The first-order valence-electron chi connectivity index (χ1n) is 13.0. The summed E-state index contributed by atoms with van der Waals surface area (Å²) in [6, 6.07) is 24.2. The van der Waals surface area contributed by atoms with Gasteiger partial charge < -0.3 is 23.9 Å². The van der Waals surface area contributed by atoms with Crippen molar-refractivity contribution in [3.8, 4) is 5.75 Å². The van der Waals surface area contributed by atoms with Crippen molar-refractivity contribution >= 4 is 33.9 Å². The quantitative estimate of drug-likeness (QED) is 0.274. The van der Waals surface area contributed by atoms with Crippen LogP contribution in [0.1, 0.15) is 28.4 Å². The molecule has 3 heterocycles. The number of carbonyl (C=O) groups is 1. The van der Waals surface area contributed by atoms with Crippen LogP contribution < -0.4 is 4.74 Å². The van der Waals surface area contributed by atoms with Gasteiger partial charge in [-0.2, -0.15) is 0 Å². The van der Waals surface area contributed by atoms with Crippen LogP contribution in [0.25, 0.3) is 27.9 Å². The molecule has 6 heteroatoms. The number of aromatic nitrogens is 1. The fourth-order valence-electron chi connectivity index (χ4n) is 5.26. The second-order valence-electron chi connectivity index (χ2n) is 10.0. The van der Waals surface area contributed by atoms with Crippen molar-refractivity contribution < 1.29 is 13.9 Å². The van der Waals surface area contributed by atoms with Gasteiger partial charge in [0, 0.05) is 41.1 Å². The van der Waals surface area contributed by atoms with Gasteiger partial charge in [-0.15, -0.1) is 0 Å². The van der Waals surface area contributed by atoms with Crippen molar-refractivity contribution in [3.05, 3.63) is 108 Å². The number of likely N-dealkylation sites (N-methyl/N-ethyl adjacent to an activating group) is 1. The second-order valence-corrected chi connectivity index (χ2v) is 10.0. The number of amides is 1. The molecule has 1 N–H and O–H groups in total. The van der Waals surface area contributed by atoms with E-state index < -0.39 is 0 Å². The summed E-state index contributed by atoms with van der Waals surface area (Å²) in [5.74, 6) is 0.810. The Balaban J connectivity index is 1.28. The van der Waals surface area contributed by atoms with E-state index >= 15 is 0 Å². The molecule has 0 saturated heterocycles. The third-order valence-corrected chi connectivity index (χ3v) is 7.22. The molecule has 0 bridgehead atoms. The Hall–Kier alpha value is -4.29. The van der Waals surface area contributed by atoms with Crippen molar-refractivity contribution in [1.29, 1.82) is 0 Å². The normalized spacial score (nSPS) is 15.6. The Labute approximate surface area is 222 Å². The number of furan rings is 1. The van der Waals surface area contributed by atoms with Gasteiger partial charge in [-0.05, 0) is 79.7 Å². The van der Waals surface area contributed by atoms with Crippen molar-refractivity contribution in [2.24, 2.45) is 0 Å². The topological polar surface area (TPSA) is 61.7 Å². The molecule has 6 nitrogen and oxygen atoms in total. The fourth-order valence-corrected chi connectivity index (χ4v) is 5.26. The molecule has 0 spiro atoms. The van der Waals surface area contributed by atoms with Crippen LogP contribution in [0.3, 0.4) is 0 Å². The molecular weight excluding hydrogens is 474 g/mol. The van der Waals surface area contributed by atoms with Gasteiger partial charge in [0.1, 0.15) is 17.9 Å². The van der Waals surface area contributed by atoms with Crippen LogP contribution in [0.15, 0.2) is 89.6 Å². The highest BCUT2D eigenvalue weighted by atomic mass is 16.5. The van der Waals surface area contributed by atoms with Crippen molar-refractivity contribution in [3.63, 3.8) is 0 Å². The van der Waals surface area contributed by atoms with E-state index in [0.29, 0.717) is 13.2 Å². The van der Waals surface area contributed by atoms with Crippen LogP contribution in [0.2, 0.25) is 0 Å². The minimum atomic E-state index is -0.213. The molecule has 192 valence electrons. The molecule has 3 aromatic carbocycles. The van der Waals surface area contributed by atoms with E-state index in [2.05, 4.69) is 40.2 Å². The summed E-state index contributed by atoms with van der Waals surface area (Å²) in [7, 11) is 4.05. The maximum Gasteiger partial charge on any atom is 0.247 e. The number of para-hydroxylation sites is 1. The highest BCUT2D eigenvalue weighted by Gasteiger charge is 2.33. The molecule has 0 fully saturated rings. The number of ether oxygens (including phenoxy) is 1. The Kier molecular flexibility index (Phi) is 6.48. The molecular formula is C32H31N3O3. The SMILES string of the molecule is CN(C)CCOc1ccc(/C=C/C(=O)N2CCc3c([nH]c4ccccc34)C2c2ccc3occc3c2)cc1. The van der Waals surface area contributed by atoms with Crippen LogP contribution >= 0.6 is 0 Å². The number of rotatable bonds is 7. The lowest BCUT2D eigenvalue weighted by Gasteiger charge is -2.35. The van der Waals surface area contributed by atoms with E-state index in [1.165, 1.54) is 10.9 Å². The molecule has 38 heavy (non-hydrogen) atoms. The van der Waals surface area contributed by atoms with Gasteiger partial charge in [0.2, 0.25) is 5.91 Å². The molecule has 6 rings (SSSR count). The first kappa shape index (κ1) is 24.1. The number of nitrogens with zero attached hydrogens (tertiary/aromatic N) is 2. The molecule has 0 saturated carbocycles. The first-order chi connectivity index (χ1) is 18.6. The third-order valence-electron chi connectivity index (χ3n) is 7.22. The Morgan fingerprint density at radius 3 is 2.79 bits per heavy atom. The maximum absolute atomic E-state index is 13.6. The predicted octanol–water partition coefficient (Wildman–Crippen LogP) is 6.04. The minimum Gasteiger partial charge on any atom is -0.492 e. The number of nitrogens with one attached hydrogen (secondary N) is 1.